The van der Waals surface area contributed by atoms with Crippen LogP contribution in [0.2, 0.25) is 0 Å². The van der Waals surface area contributed by atoms with Gasteiger partial charge in [-0.1, -0.05) is 0 Å². The summed E-state index contributed by atoms with van der Waals surface area (Å²) in [5.41, 5.74) is 0. The van der Waals surface area contributed by atoms with Gasteiger partial charge in [0.2, 0.25) is 0 Å². The molecule has 0 unspecified atom stereocenters. The van der Waals surface area contributed by atoms with Gasteiger partial charge in [0, 0.05) is 0 Å². The zero-order valence-corrected chi connectivity index (χ0v) is 11.5. The third kappa shape index (κ3) is 2120. The topological polar surface area (TPSA) is 277 Å². The van der Waals surface area contributed by atoms with Gasteiger partial charge in [-0.3, -0.25) is 0 Å². The molecule has 0 bridgehead atoms. The van der Waals surface area contributed by atoms with Crippen LogP contribution in [0.5, 0.6) is 0 Å². The van der Waals surface area contributed by atoms with E-state index >= 15 is 0 Å². The fourth-order valence-electron chi connectivity index (χ4n) is 0. The Hall–Kier alpha value is 1.39. The van der Waals surface area contributed by atoms with E-state index in [0.29, 0.717) is 0 Å². The molecule has 0 atom stereocenters. The predicted molar refractivity (Wildman–Crippen MR) is 0 cm³/mol. The Morgan fingerprint density at radius 2 is 0.294 bits per heavy atom. The fourth-order valence-corrected chi connectivity index (χ4v) is 0. The van der Waals surface area contributed by atoms with Crippen LogP contribution in [0.4, 0.5) is 0 Å². The minimum Gasteiger partial charge on any atom is -0.357 e. The molecule has 0 saturated heterocycles. The molecule has 17 heavy (non-hydrogen) atoms. The summed E-state index contributed by atoms with van der Waals surface area (Å²) in [6, 6.07) is 0. The summed E-state index contributed by atoms with van der Waals surface area (Å²) in [6.07, 6.45) is 0. The van der Waals surface area contributed by atoms with Crippen molar-refractivity contribution in [1.29, 1.82) is 0 Å². The molecule has 0 aromatic rings. The van der Waals surface area contributed by atoms with Crippen LogP contribution < -0.4 is 55.9 Å². The second-order valence-corrected chi connectivity index (χ2v) is 2.27. The molecule has 0 aliphatic heterocycles. The summed E-state index contributed by atoms with van der Waals surface area (Å²) in [7, 11) is -11.4. The van der Waals surface area contributed by atoms with Crippen LogP contribution in [0.25, 0.3) is 0 Å². The maximum absolute atomic E-state index is 8.41. The molecular weight excluding hydrogens is 382 g/mol. The molecule has 0 saturated carbocycles. The Morgan fingerprint density at radius 3 is 0.294 bits per heavy atom. The Labute approximate surface area is 120 Å². The monoisotopic (exact) mass is 380 g/mol. The second-order valence-electron chi connectivity index (χ2n) is 0.756. The molecular formula is Cl4O12Ti. The fraction of sp³-hybridized carbons (Fsp3) is 0. The third-order valence-electron chi connectivity index (χ3n) is 0. The smallest absolute Gasteiger partial charge is 0.357 e. The first-order valence-electron chi connectivity index (χ1n) is 1.85. The summed E-state index contributed by atoms with van der Waals surface area (Å²) < 4.78 is 101. The minimum atomic E-state index is -2.85. The molecule has 0 rings (SSSR count). The van der Waals surface area contributed by atoms with Crippen molar-refractivity contribution in [1.82, 2.24) is 0 Å². The first-order valence-corrected chi connectivity index (χ1v) is 5.55. The van der Waals surface area contributed by atoms with E-state index in [0.717, 1.165) is 0 Å². The largest absolute Gasteiger partial charge is 4.00 e. The van der Waals surface area contributed by atoms with Gasteiger partial charge in [0.25, 0.3) is 0 Å². The maximum atomic E-state index is 8.41. The first kappa shape index (κ1) is 31.0. The van der Waals surface area contributed by atoms with Crippen LogP contribution in [0.1, 0.15) is 0 Å². The average Bonchev–Trinajstić information content (AvgIpc) is 1.76. The van der Waals surface area contributed by atoms with Crippen LogP contribution in [0, 0.1) is 43.1 Å². The summed E-state index contributed by atoms with van der Waals surface area (Å²) >= 11 is 0. The van der Waals surface area contributed by atoms with Crippen LogP contribution in [0.15, 0.2) is 0 Å². The summed E-state index contributed by atoms with van der Waals surface area (Å²) in [6.45, 7) is 0. The molecule has 0 fully saturated rings. The van der Waals surface area contributed by atoms with Gasteiger partial charge >= 0.3 is 21.7 Å². The van der Waals surface area contributed by atoms with Crippen molar-refractivity contribution >= 4 is 0 Å². The molecule has 104 valence electrons. The van der Waals surface area contributed by atoms with E-state index in [9.17, 15) is 0 Å². The van der Waals surface area contributed by atoms with E-state index in [4.69, 9.17) is 55.9 Å². The normalized spacial score (nSPS) is 8.47. The van der Waals surface area contributed by atoms with Crippen molar-refractivity contribution in [3.8, 4) is 0 Å². The molecule has 0 heterocycles. The summed E-state index contributed by atoms with van der Waals surface area (Å²) in [5.74, 6) is 0. The van der Waals surface area contributed by atoms with Crippen LogP contribution >= 0.6 is 0 Å². The van der Waals surface area contributed by atoms with Crippen LogP contribution in [-0.4, -0.2) is 0 Å². The van der Waals surface area contributed by atoms with Crippen molar-refractivity contribution in [2.45, 2.75) is 0 Å². The van der Waals surface area contributed by atoms with Gasteiger partial charge in [-0.05, 0) is 0 Å². The maximum Gasteiger partial charge on any atom is 4.00 e. The van der Waals surface area contributed by atoms with E-state index in [1.807, 2.05) is 0 Å². The number of hydrogen-bond acceptors (Lipinski definition) is 12. The zero-order chi connectivity index (χ0) is 14.3. The molecule has 0 aliphatic carbocycles. The Bertz CT molecular complexity index is 61.5. The van der Waals surface area contributed by atoms with Crippen molar-refractivity contribution in [3.05, 3.63) is 0 Å². The molecule has 0 aliphatic rings. The van der Waals surface area contributed by atoms with E-state index in [1.165, 1.54) is 0 Å². The SMILES string of the molecule is [O-][Cl+2]([O-])[O-].[O-][Cl+2]([O-])[O-].[O-][Cl+2]([O-])[O-].[O-][Cl+2]([O-])[O-].[Ti+4]. The van der Waals surface area contributed by atoms with E-state index in [-0.39, 0.29) is 21.7 Å². The molecule has 0 radical (unpaired) electrons. The quantitative estimate of drug-likeness (QED) is 0.353. The number of rotatable bonds is 0. The predicted octanol–water partition coefficient (Wildman–Crippen LogP) is -14.3. The van der Waals surface area contributed by atoms with Crippen molar-refractivity contribution in [2.24, 2.45) is 0 Å². The van der Waals surface area contributed by atoms with E-state index in [2.05, 4.69) is 0 Å². The molecule has 0 aromatic carbocycles. The van der Waals surface area contributed by atoms with Gasteiger partial charge in [-0.2, -0.15) is 0 Å². The van der Waals surface area contributed by atoms with Gasteiger partial charge in [-0.15, -0.1) is 0 Å². The molecule has 0 amide bonds. The van der Waals surface area contributed by atoms with Gasteiger partial charge in [0.05, 0.1) is 43.1 Å². The first-order chi connectivity index (χ1) is 6.93. The van der Waals surface area contributed by atoms with Gasteiger partial charge in [0.15, 0.2) is 0 Å². The summed E-state index contributed by atoms with van der Waals surface area (Å²) in [4.78, 5) is 0. The molecule has 17 heteroatoms. The number of halogens is 4. The number of hydrogen-bond donors (Lipinski definition) is 0. The minimum absolute atomic E-state index is 0. The zero-order valence-electron chi connectivity index (χ0n) is 6.91. The standard InChI is InChI=1S/4ClO3.Ti/c4*2-1(3)4;/q4*-1;+4. The summed E-state index contributed by atoms with van der Waals surface area (Å²) in [5, 5.41) is 0. The Morgan fingerprint density at radius 1 is 0.294 bits per heavy atom. The third-order valence-corrected chi connectivity index (χ3v) is 0. The van der Waals surface area contributed by atoms with E-state index in [1.54, 1.807) is 0 Å². The van der Waals surface area contributed by atoms with Crippen molar-refractivity contribution in [2.75, 3.05) is 0 Å². The average molecular weight is 382 g/mol. The Kier molecular flexibility index (Phi) is 47.6. The van der Waals surface area contributed by atoms with Crippen LogP contribution in [0.3, 0.4) is 0 Å². The van der Waals surface area contributed by atoms with E-state index < -0.39 is 43.1 Å². The second kappa shape index (κ2) is 26.1. The molecule has 0 N–H and O–H groups in total. The van der Waals surface area contributed by atoms with Crippen molar-refractivity contribution < 1.29 is 121 Å². The van der Waals surface area contributed by atoms with Gasteiger partial charge in [-0.25, -0.2) is 0 Å². The van der Waals surface area contributed by atoms with Crippen LogP contribution in [-0.2, 0) is 21.7 Å². The molecule has 0 aromatic heterocycles. The van der Waals surface area contributed by atoms with Gasteiger partial charge < -0.3 is 55.9 Å². The van der Waals surface area contributed by atoms with Crippen molar-refractivity contribution in [3.63, 3.8) is 0 Å². The van der Waals surface area contributed by atoms with Gasteiger partial charge in [0.1, 0.15) is 0 Å². The molecule has 12 nitrogen and oxygen atoms in total. The molecule has 0 spiro atoms. The Balaban J connectivity index is -0.0000000369.